The molecule has 0 radical (unpaired) electrons. The number of nitrogens with two attached hydrogens (primary N) is 1. The minimum atomic E-state index is -0.371. The zero-order valence-corrected chi connectivity index (χ0v) is 10.2. The van der Waals surface area contributed by atoms with E-state index in [9.17, 15) is 4.79 Å². The number of anilines is 1. The molecule has 0 spiro atoms. The minimum absolute atomic E-state index is 0.0271. The Bertz CT molecular complexity index is 411. The van der Waals surface area contributed by atoms with Crippen molar-refractivity contribution >= 4 is 11.7 Å². The summed E-state index contributed by atoms with van der Waals surface area (Å²) in [5.74, 6) is 0.677. The molecule has 17 heavy (non-hydrogen) atoms. The summed E-state index contributed by atoms with van der Waals surface area (Å²) in [6.45, 7) is 2.36. The Hall–Kier alpha value is -1.42. The van der Waals surface area contributed by atoms with Crippen LogP contribution in [0.15, 0.2) is 18.3 Å². The van der Waals surface area contributed by atoms with Crippen LogP contribution in [-0.2, 0) is 4.79 Å². The summed E-state index contributed by atoms with van der Waals surface area (Å²) in [7, 11) is 0. The van der Waals surface area contributed by atoms with Crippen molar-refractivity contribution in [2.45, 2.75) is 32.6 Å². The summed E-state index contributed by atoms with van der Waals surface area (Å²) >= 11 is 0. The minimum Gasteiger partial charge on any atom is -0.329 e. The highest BCUT2D eigenvalue weighted by Crippen LogP contribution is 2.38. The Balaban J connectivity index is 2.14. The number of aryl methyl sites for hydroxylation is 1. The predicted molar refractivity (Wildman–Crippen MR) is 67.6 cm³/mol. The van der Waals surface area contributed by atoms with Gasteiger partial charge in [-0.25, -0.2) is 4.98 Å². The fourth-order valence-electron chi connectivity index (χ4n) is 2.43. The van der Waals surface area contributed by atoms with Crippen LogP contribution in [0, 0.1) is 12.3 Å². The quantitative estimate of drug-likeness (QED) is 0.837. The molecule has 0 bridgehead atoms. The Morgan fingerprint density at radius 2 is 2.24 bits per heavy atom. The topological polar surface area (TPSA) is 68.0 Å². The van der Waals surface area contributed by atoms with Gasteiger partial charge in [-0.2, -0.15) is 0 Å². The van der Waals surface area contributed by atoms with Crippen LogP contribution in [-0.4, -0.2) is 17.4 Å². The van der Waals surface area contributed by atoms with Crippen LogP contribution in [0.5, 0.6) is 0 Å². The lowest BCUT2D eigenvalue weighted by molar-refractivity contribution is -0.124. The van der Waals surface area contributed by atoms with E-state index < -0.39 is 0 Å². The van der Waals surface area contributed by atoms with Crippen molar-refractivity contribution in [1.29, 1.82) is 0 Å². The molecule has 1 saturated carbocycles. The van der Waals surface area contributed by atoms with Gasteiger partial charge in [-0.05, 0) is 31.4 Å². The summed E-state index contributed by atoms with van der Waals surface area (Å²) in [6.07, 6.45) is 5.65. The highest BCUT2D eigenvalue weighted by Gasteiger charge is 2.39. The van der Waals surface area contributed by atoms with Crippen LogP contribution >= 0.6 is 0 Å². The van der Waals surface area contributed by atoms with E-state index in [2.05, 4.69) is 10.3 Å². The molecule has 4 nitrogen and oxygen atoms in total. The molecule has 0 atom stereocenters. The van der Waals surface area contributed by atoms with Crippen LogP contribution in [0.1, 0.15) is 31.2 Å². The summed E-state index contributed by atoms with van der Waals surface area (Å²) in [6, 6.07) is 3.80. The number of carbonyl (C=O) groups excluding carboxylic acids is 1. The maximum Gasteiger partial charge on any atom is 0.233 e. The van der Waals surface area contributed by atoms with Crippen molar-refractivity contribution in [3.63, 3.8) is 0 Å². The molecule has 0 aliphatic heterocycles. The van der Waals surface area contributed by atoms with Gasteiger partial charge in [0.2, 0.25) is 5.91 Å². The van der Waals surface area contributed by atoms with E-state index in [0.717, 1.165) is 31.2 Å². The molecule has 1 aromatic heterocycles. The first-order chi connectivity index (χ1) is 8.18. The molecule has 2 rings (SSSR count). The van der Waals surface area contributed by atoms with Gasteiger partial charge in [-0.15, -0.1) is 0 Å². The number of nitrogens with zero attached hydrogens (tertiary/aromatic N) is 1. The second kappa shape index (κ2) is 4.84. The van der Waals surface area contributed by atoms with Crippen molar-refractivity contribution in [3.8, 4) is 0 Å². The number of carbonyl (C=O) groups is 1. The molecule has 92 valence electrons. The van der Waals surface area contributed by atoms with Crippen molar-refractivity contribution in [2.24, 2.45) is 11.1 Å². The highest BCUT2D eigenvalue weighted by molar-refractivity contribution is 5.95. The summed E-state index contributed by atoms with van der Waals surface area (Å²) < 4.78 is 0. The van der Waals surface area contributed by atoms with E-state index in [-0.39, 0.29) is 11.3 Å². The molecule has 0 aromatic carbocycles. The number of rotatable bonds is 3. The summed E-state index contributed by atoms with van der Waals surface area (Å²) in [5.41, 5.74) is 6.39. The molecule has 0 saturated heterocycles. The van der Waals surface area contributed by atoms with Crippen LogP contribution in [0.3, 0.4) is 0 Å². The first-order valence-corrected chi connectivity index (χ1v) is 6.11. The van der Waals surface area contributed by atoms with Crippen molar-refractivity contribution < 1.29 is 4.79 Å². The summed E-state index contributed by atoms with van der Waals surface area (Å²) in [4.78, 5) is 16.5. The lowest BCUT2D eigenvalue weighted by Crippen LogP contribution is -2.40. The second-order valence-corrected chi connectivity index (χ2v) is 4.81. The average molecular weight is 233 g/mol. The van der Waals surface area contributed by atoms with Gasteiger partial charge in [0.1, 0.15) is 5.82 Å². The lowest BCUT2D eigenvalue weighted by Gasteiger charge is -2.25. The number of aromatic nitrogens is 1. The molecular weight excluding hydrogens is 214 g/mol. The van der Waals surface area contributed by atoms with E-state index >= 15 is 0 Å². The standard InChI is InChI=1S/C13H19N3O/c1-10-5-4-8-15-11(10)16-12(17)13(9-14)6-2-3-7-13/h4-5,8H,2-3,6-7,9,14H2,1H3,(H,15,16,17). The Morgan fingerprint density at radius 1 is 1.53 bits per heavy atom. The van der Waals surface area contributed by atoms with Gasteiger partial charge in [0, 0.05) is 12.7 Å². The van der Waals surface area contributed by atoms with Crippen LogP contribution in [0.2, 0.25) is 0 Å². The van der Waals surface area contributed by atoms with Gasteiger partial charge in [0.25, 0.3) is 0 Å². The third-order valence-electron chi connectivity index (χ3n) is 3.67. The van der Waals surface area contributed by atoms with Crippen molar-refractivity contribution in [2.75, 3.05) is 11.9 Å². The maximum atomic E-state index is 12.3. The molecule has 1 aliphatic carbocycles. The van der Waals surface area contributed by atoms with Gasteiger partial charge in [-0.1, -0.05) is 18.9 Å². The molecule has 3 N–H and O–H groups in total. The number of nitrogens with one attached hydrogen (secondary N) is 1. The molecule has 1 heterocycles. The fraction of sp³-hybridized carbons (Fsp3) is 0.538. The van der Waals surface area contributed by atoms with Crippen molar-refractivity contribution in [3.05, 3.63) is 23.9 Å². The smallest absolute Gasteiger partial charge is 0.233 e. The zero-order chi connectivity index (χ0) is 12.3. The third-order valence-corrected chi connectivity index (χ3v) is 3.67. The van der Waals surface area contributed by atoms with Crippen LogP contribution < -0.4 is 11.1 Å². The van der Waals surface area contributed by atoms with Crippen LogP contribution in [0.25, 0.3) is 0 Å². The molecule has 1 aliphatic rings. The zero-order valence-electron chi connectivity index (χ0n) is 10.2. The molecule has 4 heteroatoms. The van der Waals surface area contributed by atoms with Gasteiger partial charge >= 0.3 is 0 Å². The normalized spacial score (nSPS) is 18.0. The van der Waals surface area contributed by atoms with E-state index in [1.807, 2.05) is 19.1 Å². The first kappa shape index (κ1) is 12.0. The molecule has 0 unspecified atom stereocenters. The SMILES string of the molecule is Cc1cccnc1NC(=O)C1(CN)CCCC1. The predicted octanol–water partition coefficient (Wildman–Crippen LogP) is 1.85. The Kier molecular flexibility index (Phi) is 3.43. The number of hydrogen-bond donors (Lipinski definition) is 2. The molecule has 1 fully saturated rings. The highest BCUT2D eigenvalue weighted by atomic mass is 16.2. The Labute approximate surface area is 102 Å². The first-order valence-electron chi connectivity index (χ1n) is 6.11. The van der Waals surface area contributed by atoms with E-state index in [4.69, 9.17) is 5.73 Å². The fourth-order valence-corrected chi connectivity index (χ4v) is 2.43. The monoisotopic (exact) mass is 233 g/mol. The van der Waals surface area contributed by atoms with Gasteiger partial charge in [-0.3, -0.25) is 4.79 Å². The van der Waals surface area contributed by atoms with Gasteiger partial charge in [0.15, 0.2) is 0 Å². The molecular formula is C13H19N3O. The van der Waals surface area contributed by atoms with Crippen LogP contribution in [0.4, 0.5) is 5.82 Å². The lowest BCUT2D eigenvalue weighted by atomic mass is 9.85. The van der Waals surface area contributed by atoms with Gasteiger partial charge in [0.05, 0.1) is 5.41 Å². The largest absolute Gasteiger partial charge is 0.329 e. The number of amides is 1. The van der Waals surface area contributed by atoms with E-state index in [1.165, 1.54) is 0 Å². The second-order valence-electron chi connectivity index (χ2n) is 4.81. The number of hydrogen-bond acceptors (Lipinski definition) is 3. The maximum absolute atomic E-state index is 12.3. The number of pyridine rings is 1. The van der Waals surface area contributed by atoms with E-state index in [0.29, 0.717) is 12.4 Å². The van der Waals surface area contributed by atoms with Gasteiger partial charge < -0.3 is 11.1 Å². The van der Waals surface area contributed by atoms with E-state index in [1.54, 1.807) is 6.20 Å². The third kappa shape index (κ3) is 2.31. The molecule has 1 aromatic rings. The Morgan fingerprint density at radius 3 is 2.82 bits per heavy atom. The average Bonchev–Trinajstić information content (AvgIpc) is 2.82. The molecule has 1 amide bonds. The van der Waals surface area contributed by atoms with Crippen molar-refractivity contribution in [1.82, 2.24) is 4.98 Å². The summed E-state index contributed by atoms with van der Waals surface area (Å²) in [5, 5.41) is 2.91.